The molecule has 7 heteroatoms. The molecule has 0 aliphatic carbocycles. The van der Waals surface area contributed by atoms with Gasteiger partial charge in [0.2, 0.25) is 5.95 Å². The zero-order valence-corrected chi connectivity index (χ0v) is 13.6. The number of anilines is 1. The lowest BCUT2D eigenvalue weighted by Crippen LogP contribution is -2.31. The van der Waals surface area contributed by atoms with E-state index in [-0.39, 0.29) is 18.6 Å². The molecule has 0 atom stereocenters. The van der Waals surface area contributed by atoms with Gasteiger partial charge in [0.1, 0.15) is 6.04 Å². The van der Waals surface area contributed by atoms with Gasteiger partial charge in [0.05, 0.1) is 11.4 Å². The Balaban J connectivity index is 1.56. The van der Waals surface area contributed by atoms with Gasteiger partial charge in [-0.3, -0.25) is 9.97 Å². The van der Waals surface area contributed by atoms with E-state index in [1.807, 2.05) is 43.3 Å². The second-order valence-electron chi connectivity index (χ2n) is 5.60. The van der Waals surface area contributed by atoms with Gasteiger partial charge < -0.3 is 14.8 Å². The smallest absolute Gasteiger partial charge is 0.223 e. The molecule has 3 aromatic heterocycles. The molecule has 1 aliphatic heterocycles. The third kappa shape index (κ3) is 3.47. The summed E-state index contributed by atoms with van der Waals surface area (Å²) in [5.41, 5.74) is 2.47. The fourth-order valence-electron chi connectivity index (χ4n) is 2.57. The van der Waals surface area contributed by atoms with Crippen LogP contribution in [-0.4, -0.2) is 26.2 Å². The maximum Gasteiger partial charge on any atom is 0.223 e. The SMILES string of the molecule is CC1OC(c2cnc(NC(c3ccccn3)c3ccccn3)nc2)O1. The minimum absolute atomic E-state index is 0.180. The molecule has 25 heavy (non-hydrogen) atoms. The maximum atomic E-state index is 5.44. The molecule has 1 fully saturated rings. The topological polar surface area (TPSA) is 82.0 Å². The van der Waals surface area contributed by atoms with Crippen LogP contribution >= 0.6 is 0 Å². The highest BCUT2D eigenvalue weighted by atomic mass is 16.9. The zero-order chi connectivity index (χ0) is 17.1. The highest BCUT2D eigenvalue weighted by Gasteiger charge is 2.29. The minimum Gasteiger partial charge on any atom is -0.340 e. The number of pyridine rings is 2. The Labute approximate surface area is 145 Å². The third-order valence-corrected chi connectivity index (χ3v) is 3.81. The van der Waals surface area contributed by atoms with Gasteiger partial charge in [0.25, 0.3) is 0 Å². The van der Waals surface area contributed by atoms with Crippen LogP contribution in [0.15, 0.2) is 61.2 Å². The van der Waals surface area contributed by atoms with Crippen molar-refractivity contribution >= 4 is 5.95 Å². The van der Waals surface area contributed by atoms with Gasteiger partial charge in [0.15, 0.2) is 12.6 Å². The van der Waals surface area contributed by atoms with Crippen molar-refractivity contribution in [3.05, 3.63) is 78.1 Å². The summed E-state index contributed by atoms with van der Waals surface area (Å²) in [6.07, 6.45) is 6.33. The van der Waals surface area contributed by atoms with Crippen LogP contribution in [0.2, 0.25) is 0 Å². The van der Waals surface area contributed by atoms with Crippen LogP contribution in [0.5, 0.6) is 0 Å². The van der Waals surface area contributed by atoms with Crippen molar-refractivity contribution in [2.45, 2.75) is 25.5 Å². The van der Waals surface area contributed by atoms with Crippen LogP contribution < -0.4 is 5.32 Å². The van der Waals surface area contributed by atoms with Crippen molar-refractivity contribution < 1.29 is 9.47 Å². The normalized spacial score (nSPS) is 19.4. The Bertz CT molecular complexity index is 768. The fraction of sp³-hybridized carbons (Fsp3) is 0.222. The molecule has 126 valence electrons. The van der Waals surface area contributed by atoms with Crippen LogP contribution in [0, 0.1) is 0 Å². The van der Waals surface area contributed by atoms with E-state index in [0.717, 1.165) is 17.0 Å². The van der Waals surface area contributed by atoms with Crippen LogP contribution in [0.4, 0.5) is 5.95 Å². The van der Waals surface area contributed by atoms with Gasteiger partial charge in [-0.15, -0.1) is 0 Å². The van der Waals surface area contributed by atoms with Gasteiger partial charge in [-0.05, 0) is 31.2 Å². The van der Waals surface area contributed by atoms with E-state index in [2.05, 4.69) is 25.3 Å². The van der Waals surface area contributed by atoms with Gasteiger partial charge in [-0.25, -0.2) is 9.97 Å². The summed E-state index contributed by atoms with van der Waals surface area (Å²) in [6, 6.07) is 11.3. The second kappa shape index (κ2) is 6.92. The summed E-state index contributed by atoms with van der Waals surface area (Å²) in [4.78, 5) is 17.6. The average molecular weight is 335 g/mol. The zero-order valence-electron chi connectivity index (χ0n) is 13.6. The first-order chi connectivity index (χ1) is 12.3. The molecular weight excluding hydrogens is 318 g/mol. The molecular formula is C18H17N5O2. The molecule has 1 saturated heterocycles. The number of hydrogen-bond acceptors (Lipinski definition) is 7. The average Bonchev–Trinajstić information content (AvgIpc) is 2.66. The van der Waals surface area contributed by atoms with E-state index in [0.29, 0.717) is 5.95 Å². The molecule has 7 nitrogen and oxygen atoms in total. The van der Waals surface area contributed by atoms with Crippen molar-refractivity contribution in [3.8, 4) is 0 Å². The molecule has 0 radical (unpaired) electrons. The van der Waals surface area contributed by atoms with Gasteiger partial charge in [-0.2, -0.15) is 0 Å². The summed E-state index contributed by atoms with van der Waals surface area (Å²) in [7, 11) is 0. The molecule has 1 N–H and O–H groups in total. The van der Waals surface area contributed by atoms with Crippen LogP contribution in [0.1, 0.15) is 36.2 Å². The number of rotatable bonds is 5. The first-order valence-electron chi connectivity index (χ1n) is 8.01. The van der Waals surface area contributed by atoms with Crippen molar-refractivity contribution in [2.75, 3.05) is 5.32 Å². The van der Waals surface area contributed by atoms with Crippen molar-refractivity contribution in [2.24, 2.45) is 0 Å². The van der Waals surface area contributed by atoms with Crippen LogP contribution in [0.3, 0.4) is 0 Å². The first-order valence-corrected chi connectivity index (χ1v) is 8.01. The predicted octanol–water partition coefficient (Wildman–Crippen LogP) is 2.86. The lowest BCUT2D eigenvalue weighted by atomic mass is 10.1. The number of ether oxygens (including phenoxy) is 2. The van der Waals surface area contributed by atoms with E-state index in [1.54, 1.807) is 24.8 Å². The van der Waals surface area contributed by atoms with E-state index < -0.39 is 0 Å². The number of hydrogen-bond donors (Lipinski definition) is 1. The predicted molar refractivity (Wildman–Crippen MR) is 90.3 cm³/mol. The van der Waals surface area contributed by atoms with Gasteiger partial charge in [0, 0.05) is 30.4 Å². The summed E-state index contributed by atoms with van der Waals surface area (Å²) in [6.45, 7) is 1.84. The van der Waals surface area contributed by atoms with Crippen LogP contribution in [-0.2, 0) is 9.47 Å². The molecule has 4 rings (SSSR count). The van der Waals surface area contributed by atoms with Crippen molar-refractivity contribution in [1.82, 2.24) is 19.9 Å². The van der Waals surface area contributed by atoms with Crippen molar-refractivity contribution in [3.63, 3.8) is 0 Å². The van der Waals surface area contributed by atoms with E-state index in [1.165, 1.54) is 0 Å². The van der Waals surface area contributed by atoms with Gasteiger partial charge in [-0.1, -0.05) is 12.1 Å². The Morgan fingerprint density at radius 1 is 0.880 bits per heavy atom. The lowest BCUT2D eigenvalue weighted by molar-refractivity contribution is -0.382. The summed E-state index contributed by atoms with van der Waals surface area (Å²) >= 11 is 0. The van der Waals surface area contributed by atoms with E-state index >= 15 is 0 Å². The number of nitrogens with zero attached hydrogens (tertiary/aromatic N) is 4. The van der Waals surface area contributed by atoms with Crippen molar-refractivity contribution in [1.29, 1.82) is 0 Å². The molecule has 1 aliphatic rings. The molecule has 0 unspecified atom stereocenters. The fourth-order valence-corrected chi connectivity index (χ4v) is 2.57. The molecule has 0 amide bonds. The second-order valence-corrected chi connectivity index (χ2v) is 5.60. The third-order valence-electron chi connectivity index (χ3n) is 3.81. The number of nitrogens with one attached hydrogen (secondary N) is 1. The minimum atomic E-state index is -0.383. The quantitative estimate of drug-likeness (QED) is 0.767. The molecule has 4 heterocycles. The van der Waals surface area contributed by atoms with E-state index in [4.69, 9.17) is 9.47 Å². The Kier molecular flexibility index (Phi) is 4.32. The summed E-state index contributed by atoms with van der Waals surface area (Å²) in [5.74, 6) is 0.484. The van der Waals surface area contributed by atoms with E-state index in [9.17, 15) is 0 Å². The molecule has 0 saturated carbocycles. The van der Waals surface area contributed by atoms with Crippen LogP contribution in [0.25, 0.3) is 0 Å². The molecule has 0 spiro atoms. The molecule has 0 aromatic carbocycles. The lowest BCUT2D eigenvalue weighted by Gasteiger charge is -2.33. The maximum absolute atomic E-state index is 5.44. The van der Waals surface area contributed by atoms with Gasteiger partial charge >= 0.3 is 0 Å². The Hall–Kier alpha value is -2.90. The number of aromatic nitrogens is 4. The first kappa shape index (κ1) is 15.6. The largest absolute Gasteiger partial charge is 0.340 e. The summed E-state index contributed by atoms with van der Waals surface area (Å²) in [5, 5.41) is 3.29. The standard InChI is InChI=1S/C18H17N5O2/c1-12-24-17(25-12)13-10-21-18(22-11-13)23-16(14-6-2-4-8-19-14)15-7-3-5-9-20-15/h2-12,16-17H,1H3,(H,21,22,23). The molecule has 3 aromatic rings. The monoisotopic (exact) mass is 335 g/mol. The summed E-state index contributed by atoms with van der Waals surface area (Å²) < 4.78 is 10.9. The Morgan fingerprint density at radius 2 is 1.48 bits per heavy atom. The Morgan fingerprint density at radius 3 is 1.96 bits per heavy atom. The highest BCUT2D eigenvalue weighted by Crippen LogP contribution is 2.30. The molecule has 0 bridgehead atoms. The highest BCUT2D eigenvalue weighted by molar-refractivity contribution is 5.36.